The minimum Gasteiger partial charge on any atom is -0.256 e. The minimum atomic E-state index is -0.602. The van der Waals surface area contributed by atoms with Crippen molar-refractivity contribution in [3.63, 3.8) is 0 Å². The van der Waals surface area contributed by atoms with Crippen molar-refractivity contribution in [3.8, 4) is 55.8 Å². The maximum absolute atomic E-state index is 7.55. The first-order valence-corrected chi connectivity index (χ1v) is 17.2. The molecule has 0 unspecified atom stereocenters. The SMILES string of the molecule is [C-]#[N+]c1ccc(-c2cccc3c2C(c2ccccc2)(c2ccccc2)c2c(-c4ccc(-c5ccc(-c6ccccc6)nc5)cc4)cccc2-3)cc1. The highest BCUT2D eigenvalue weighted by molar-refractivity contribution is 5.97. The van der Waals surface area contributed by atoms with E-state index in [4.69, 9.17) is 11.6 Å². The Hall–Kier alpha value is -6.82. The smallest absolute Gasteiger partial charge is 0.187 e. The Morgan fingerprint density at radius 3 is 1.31 bits per heavy atom. The molecule has 0 saturated heterocycles. The molecule has 1 heterocycles. The fraction of sp³-hybridized carbons (Fsp3) is 0.0204. The van der Waals surface area contributed by atoms with Gasteiger partial charge in [0.05, 0.1) is 17.7 Å². The highest BCUT2D eigenvalue weighted by atomic mass is 14.7. The highest BCUT2D eigenvalue weighted by Crippen LogP contribution is 2.61. The first-order chi connectivity index (χ1) is 25.3. The van der Waals surface area contributed by atoms with Gasteiger partial charge in [-0.3, -0.25) is 4.98 Å². The minimum absolute atomic E-state index is 0.602. The summed E-state index contributed by atoms with van der Waals surface area (Å²) in [5.41, 5.74) is 16.4. The largest absolute Gasteiger partial charge is 0.256 e. The third kappa shape index (κ3) is 4.99. The van der Waals surface area contributed by atoms with Crippen LogP contribution in [-0.4, -0.2) is 4.98 Å². The van der Waals surface area contributed by atoms with Crippen LogP contribution in [0.15, 0.2) is 194 Å². The number of hydrogen-bond acceptors (Lipinski definition) is 1. The quantitative estimate of drug-likeness (QED) is 0.164. The third-order valence-electron chi connectivity index (χ3n) is 10.3. The highest BCUT2D eigenvalue weighted by Gasteiger charge is 2.49. The zero-order chi connectivity index (χ0) is 34.2. The molecule has 1 aliphatic rings. The van der Waals surface area contributed by atoms with E-state index in [1.54, 1.807) is 0 Å². The van der Waals surface area contributed by atoms with Gasteiger partial charge in [0.1, 0.15) is 0 Å². The summed E-state index contributed by atoms with van der Waals surface area (Å²) in [7, 11) is 0. The summed E-state index contributed by atoms with van der Waals surface area (Å²) in [6.07, 6.45) is 1.97. The van der Waals surface area contributed by atoms with E-state index >= 15 is 0 Å². The first-order valence-electron chi connectivity index (χ1n) is 17.2. The molecule has 0 aliphatic heterocycles. The second kappa shape index (κ2) is 12.6. The standard InChI is InChI=1S/C49H32N2/c1-50-41-30-27-36(28-31-41)43-20-12-22-45-44-21-11-19-42(47(44)49(48(43)45,39-15-7-3-8-16-39)40-17-9-4-10-18-40)35-25-23-34(24-26-35)38-29-32-46(51-33-38)37-13-5-2-6-14-37/h2-33H. The molecule has 238 valence electrons. The lowest BCUT2D eigenvalue weighted by atomic mass is 9.64. The number of hydrogen-bond donors (Lipinski definition) is 0. The third-order valence-corrected chi connectivity index (χ3v) is 10.3. The molecule has 0 spiro atoms. The number of aromatic nitrogens is 1. The second-order valence-electron chi connectivity index (χ2n) is 13.0. The van der Waals surface area contributed by atoms with Gasteiger partial charge >= 0.3 is 0 Å². The summed E-state index contributed by atoms with van der Waals surface area (Å²) in [6, 6.07) is 66.9. The molecule has 51 heavy (non-hydrogen) atoms. The van der Waals surface area contributed by atoms with Gasteiger partial charge in [-0.05, 0) is 67.3 Å². The van der Waals surface area contributed by atoms with Crippen molar-refractivity contribution in [1.29, 1.82) is 0 Å². The van der Waals surface area contributed by atoms with Gasteiger partial charge < -0.3 is 0 Å². The van der Waals surface area contributed by atoms with Crippen molar-refractivity contribution in [1.82, 2.24) is 4.98 Å². The number of rotatable bonds is 6. The number of benzene rings is 7. The van der Waals surface area contributed by atoms with Crippen molar-refractivity contribution < 1.29 is 0 Å². The molecular formula is C49H32N2. The lowest BCUT2D eigenvalue weighted by Gasteiger charge is -2.36. The van der Waals surface area contributed by atoms with Gasteiger partial charge in [-0.15, -0.1) is 0 Å². The second-order valence-corrected chi connectivity index (χ2v) is 13.0. The molecule has 0 amide bonds. The Bertz CT molecular complexity index is 2490. The van der Waals surface area contributed by atoms with Crippen molar-refractivity contribution in [2.24, 2.45) is 0 Å². The molecule has 0 bridgehead atoms. The molecule has 8 aromatic rings. The lowest BCUT2D eigenvalue weighted by Crippen LogP contribution is -2.30. The van der Waals surface area contributed by atoms with Gasteiger partial charge in [0.2, 0.25) is 0 Å². The number of nitrogens with zero attached hydrogens (tertiary/aromatic N) is 2. The average molecular weight is 649 g/mol. The Kier molecular flexibility index (Phi) is 7.46. The molecule has 1 aliphatic carbocycles. The van der Waals surface area contributed by atoms with E-state index in [0.717, 1.165) is 33.5 Å². The van der Waals surface area contributed by atoms with Crippen LogP contribution >= 0.6 is 0 Å². The van der Waals surface area contributed by atoms with E-state index in [0.29, 0.717) is 5.69 Å². The monoisotopic (exact) mass is 648 g/mol. The van der Waals surface area contributed by atoms with E-state index < -0.39 is 5.41 Å². The summed E-state index contributed by atoms with van der Waals surface area (Å²) in [4.78, 5) is 8.46. The van der Waals surface area contributed by atoms with E-state index in [9.17, 15) is 0 Å². The van der Waals surface area contributed by atoms with Crippen LogP contribution in [0.2, 0.25) is 0 Å². The summed E-state index contributed by atoms with van der Waals surface area (Å²) < 4.78 is 0. The van der Waals surface area contributed by atoms with Crippen molar-refractivity contribution in [2.75, 3.05) is 0 Å². The van der Waals surface area contributed by atoms with Gasteiger partial charge in [0.25, 0.3) is 0 Å². The van der Waals surface area contributed by atoms with Crippen LogP contribution in [0.25, 0.3) is 60.6 Å². The van der Waals surface area contributed by atoms with Crippen LogP contribution < -0.4 is 0 Å². The molecule has 1 aromatic heterocycles. The van der Waals surface area contributed by atoms with Crippen molar-refractivity contribution in [2.45, 2.75) is 5.41 Å². The molecule has 0 fully saturated rings. The topological polar surface area (TPSA) is 17.2 Å². The Labute approximate surface area is 298 Å². The van der Waals surface area contributed by atoms with Crippen LogP contribution in [-0.2, 0) is 5.41 Å². The number of pyridine rings is 1. The normalized spacial score (nSPS) is 12.5. The summed E-state index contributed by atoms with van der Waals surface area (Å²) in [6.45, 7) is 7.55. The Morgan fingerprint density at radius 2 is 0.824 bits per heavy atom. The van der Waals surface area contributed by atoms with Crippen LogP contribution in [0.5, 0.6) is 0 Å². The van der Waals surface area contributed by atoms with Crippen LogP contribution in [0.4, 0.5) is 5.69 Å². The molecule has 2 heteroatoms. The molecule has 0 radical (unpaired) electrons. The predicted octanol–water partition coefficient (Wildman–Crippen LogP) is 12.7. The van der Waals surface area contributed by atoms with Crippen LogP contribution in [0.1, 0.15) is 22.3 Å². The average Bonchev–Trinajstić information content (AvgIpc) is 3.54. The maximum Gasteiger partial charge on any atom is 0.187 e. The zero-order valence-electron chi connectivity index (χ0n) is 27.9. The molecule has 0 atom stereocenters. The summed E-state index contributed by atoms with van der Waals surface area (Å²) in [5, 5.41) is 0. The maximum atomic E-state index is 7.55. The van der Waals surface area contributed by atoms with Gasteiger partial charge in [0, 0.05) is 17.3 Å². The van der Waals surface area contributed by atoms with E-state index in [1.807, 2.05) is 36.5 Å². The Morgan fingerprint density at radius 1 is 0.373 bits per heavy atom. The first kappa shape index (κ1) is 30.3. The fourth-order valence-electron chi connectivity index (χ4n) is 7.99. The van der Waals surface area contributed by atoms with E-state index in [-0.39, 0.29) is 0 Å². The van der Waals surface area contributed by atoms with Gasteiger partial charge in [-0.25, -0.2) is 4.85 Å². The number of fused-ring (bicyclic) bond motifs is 3. The van der Waals surface area contributed by atoms with E-state index in [1.165, 1.54) is 44.5 Å². The molecule has 7 aromatic carbocycles. The van der Waals surface area contributed by atoms with Crippen LogP contribution in [0, 0.1) is 6.57 Å². The molecule has 9 rings (SSSR count). The van der Waals surface area contributed by atoms with E-state index in [2.05, 4.69) is 163 Å². The Balaban J connectivity index is 1.25. The molecule has 0 N–H and O–H groups in total. The van der Waals surface area contributed by atoms with Crippen molar-refractivity contribution in [3.05, 3.63) is 228 Å². The molecule has 0 saturated carbocycles. The summed E-state index contributed by atoms with van der Waals surface area (Å²) in [5.74, 6) is 0. The molecule has 2 nitrogen and oxygen atoms in total. The van der Waals surface area contributed by atoms with Gasteiger partial charge in [-0.1, -0.05) is 182 Å². The predicted molar refractivity (Wildman–Crippen MR) is 210 cm³/mol. The van der Waals surface area contributed by atoms with Crippen molar-refractivity contribution >= 4 is 5.69 Å². The fourth-order valence-corrected chi connectivity index (χ4v) is 7.99. The zero-order valence-corrected chi connectivity index (χ0v) is 27.9. The lowest BCUT2D eigenvalue weighted by molar-refractivity contribution is 0.772. The van der Waals surface area contributed by atoms with Crippen LogP contribution in [0.3, 0.4) is 0 Å². The molecular weight excluding hydrogens is 617 g/mol. The van der Waals surface area contributed by atoms with Gasteiger partial charge in [0.15, 0.2) is 5.69 Å². The van der Waals surface area contributed by atoms with Gasteiger partial charge in [-0.2, -0.15) is 0 Å². The summed E-state index contributed by atoms with van der Waals surface area (Å²) >= 11 is 0.